The van der Waals surface area contributed by atoms with E-state index in [4.69, 9.17) is 0 Å². The fraction of sp³-hybridized carbons (Fsp3) is 1.00. The second kappa shape index (κ2) is 4.39. The third-order valence-corrected chi connectivity index (χ3v) is 6.10. The molecule has 0 aromatic heterocycles. The molecule has 0 nitrogen and oxygen atoms in total. The van der Waals surface area contributed by atoms with Gasteiger partial charge >= 0.3 is 0 Å². The molecular formula is C15H29B. The van der Waals surface area contributed by atoms with E-state index in [1.54, 1.807) is 0 Å². The molecule has 0 N–H and O–H groups in total. The maximum absolute atomic E-state index is 2.47. The van der Waals surface area contributed by atoms with Crippen LogP contribution in [0.1, 0.15) is 72.6 Å². The van der Waals surface area contributed by atoms with E-state index in [2.05, 4.69) is 27.7 Å². The van der Waals surface area contributed by atoms with Crippen LogP contribution in [-0.4, -0.2) is 7.28 Å². The summed E-state index contributed by atoms with van der Waals surface area (Å²) in [5, 5.41) is 1.41. The monoisotopic (exact) mass is 220 g/mol. The van der Waals surface area contributed by atoms with Crippen molar-refractivity contribution in [3.05, 3.63) is 0 Å². The molecule has 0 amide bonds. The van der Waals surface area contributed by atoms with Gasteiger partial charge < -0.3 is 0 Å². The van der Waals surface area contributed by atoms with E-state index in [0.717, 1.165) is 11.8 Å². The molecule has 2 aliphatic rings. The number of rotatable bonds is 2. The summed E-state index contributed by atoms with van der Waals surface area (Å²) in [4.78, 5) is 0. The molecule has 2 bridgehead atoms. The molecule has 0 spiro atoms. The standard InChI is InChI=1S/C15H29B/c1-12(2)14-8-5-6-9-15(16-14,13(3)4)11-7-10-14/h12-13,16H,5-11H2,1-4H3. The van der Waals surface area contributed by atoms with Crippen LogP contribution in [0.15, 0.2) is 0 Å². The maximum Gasteiger partial charge on any atom is 0.136 e. The average molecular weight is 220 g/mol. The van der Waals surface area contributed by atoms with Gasteiger partial charge in [0.1, 0.15) is 7.28 Å². The Balaban J connectivity index is 2.28. The van der Waals surface area contributed by atoms with E-state index in [1.165, 1.54) is 52.2 Å². The summed E-state index contributed by atoms with van der Waals surface area (Å²) in [6.45, 7) is 9.90. The van der Waals surface area contributed by atoms with E-state index >= 15 is 0 Å². The lowest BCUT2D eigenvalue weighted by molar-refractivity contribution is 0.272. The first-order valence-electron chi connectivity index (χ1n) is 7.51. The van der Waals surface area contributed by atoms with Gasteiger partial charge in [-0.3, -0.25) is 0 Å². The van der Waals surface area contributed by atoms with E-state index in [1.807, 2.05) is 0 Å². The van der Waals surface area contributed by atoms with Crippen molar-refractivity contribution < 1.29 is 0 Å². The van der Waals surface area contributed by atoms with Crippen molar-refractivity contribution in [3.8, 4) is 0 Å². The molecule has 2 atom stereocenters. The molecule has 0 saturated carbocycles. The van der Waals surface area contributed by atoms with Crippen LogP contribution in [0.3, 0.4) is 0 Å². The summed E-state index contributed by atoms with van der Waals surface area (Å²) in [5.74, 6) is 1.79. The minimum atomic E-state index is 0.707. The Kier molecular flexibility index (Phi) is 3.43. The Morgan fingerprint density at radius 2 is 1.06 bits per heavy atom. The highest BCUT2D eigenvalue weighted by molar-refractivity contribution is 6.45. The number of hydrogen-bond acceptors (Lipinski definition) is 0. The summed E-state index contributed by atoms with van der Waals surface area (Å²) < 4.78 is 0. The molecule has 1 heteroatoms. The van der Waals surface area contributed by atoms with Crippen LogP contribution >= 0.6 is 0 Å². The summed E-state index contributed by atoms with van der Waals surface area (Å²) in [6, 6.07) is 0. The predicted molar refractivity (Wildman–Crippen MR) is 74.5 cm³/mol. The lowest BCUT2D eigenvalue weighted by Crippen LogP contribution is -2.40. The predicted octanol–water partition coefficient (Wildman–Crippen LogP) is 4.81. The van der Waals surface area contributed by atoms with Crippen LogP contribution in [0, 0.1) is 11.8 Å². The lowest BCUT2D eigenvalue weighted by Gasteiger charge is -2.50. The zero-order valence-corrected chi connectivity index (χ0v) is 11.8. The van der Waals surface area contributed by atoms with E-state index in [-0.39, 0.29) is 0 Å². The van der Waals surface area contributed by atoms with Gasteiger partial charge in [0.05, 0.1) is 0 Å². The maximum atomic E-state index is 2.47. The van der Waals surface area contributed by atoms with E-state index in [0.29, 0.717) is 10.6 Å². The molecule has 0 radical (unpaired) electrons. The molecule has 2 saturated heterocycles. The van der Waals surface area contributed by atoms with Gasteiger partial charge in [-0.25, -0.2) is 0 Å². The highest BCUT2D eigenvalue weighted by Crippen LogP contribution is 2.62. The normalized spacial score (nSPS) is 39.6. The first-order valence-corrected chi connectivity index (χ1v) is 7.51. The Hall–Kier alpha value is 0.0649. The second-order valence-corrected chi connectivity index (χ2v) is 7.27. The molecule has 92 valence electrons. The Bertz CT molecular complexity index is 222. The van der Waals surface area contributed by atoms with Crippen molar-refractivity contribution >= 4 is 7.28 Å². The van der Waals surface area contributed by atoms with Crippen LogP contribution in [-0.2, 0) is 0 Å². The molecule has 16 heavy (non-hydrogen) atoms. The zero-order chi connectivity index (χ0) is 11.8. The molecule has 2 fully saturated rings. The summed E-state index contributed by atoms with van der Waals surface area (Å²) in [6.07, 6.45) is 10.5. The van der Waals surface area contributed by atoms with Gasteiger partial charge in [0.15, 0.2) is 0 Å². The van der Waals surface area contributed by atoms with Gasteiger partial charge in [0.2, 0.25) is 0 Å². The van der Waals surface area contributed by atoms with Gasteiger partial charge in [0.25, 0.3) is 0 Å². The van der Waals surface area contributed by atoms with Crippen LogP contribution in [0.2, 0.25) is 10.6 Å². The van der Waals surface area contributed by atoms with Gasteiger partial charge in [-0.2, -0.15) is 0 Å². The molecular weight excluding hydrogens is 191 g/mol. The van der Waals surface area contributed by atoms with Crippen LogP contribution in [0.4, 0.5) is 0 Å². The highest BCUT2D eigenvalue weighted by atomic mass is 14.4. The van der Waals surface area contributed by atoms with Gasteiger partial charge in [-0.1, -0.05) is 83.3 Å². The minimum absolute atomic E-state index is 0.707. The van der Waals surface area contributed by atoms with E-state index in [9.17, 15) is 0 Å². The highest BCUT2D eigenvalue weighted by Gasteiger charge is 2.49. The number of hydrogen-bond donors (Lipinski definition) is 0. The van der Waals surface area contributed by atoms with Gasteiger partial charge in [-0.05, 0) is 11.8 Å². The summed E-state index contributed by atoms with van der Waals surface area (Å²) >= 11 is 0. The fourth-order valence-corrected chi connectivity index (χ4v) is 4.61. The largest absolute Gasteiger partial charge is 0.136 e. The third kappa shape index (κ3) is 1.95. The Labute approximate surface area is 103 Å². The Morgan fingerprint density at radius 1 is 0.688 bits per heavy atom. The van der Waals surface area contributed by atoms with Crippen molar-refractivity contribution in [2.24, 2.45) is 11.8 Å². The molecule has 0 aliphatic carbocycles. The van der Waals surface area contributed by atoms with Crippen molar-refractivity contribution in [1.29, 1.82) is 0 Å². The van der Waals surface area contributed by atoms with Crippen LogP contribution in [0.25, 0.3) is 0 Å². The average Bonchev–Trinajstić information content (AvgIpc) is 2.37. The number of fused-ring (bicyclic) bond motifs is 2. The Morgan fingerprint density at radius 3 is 1.44 bits per heavy atom. The summed E-state index contributed by atoms with van der Waals surface area (Å²) in [5.41, 5.74) is 0. The molecule has 2 aliphatic heterocycles. The fourth-order valence-electron chi connectivity index (χ4n) is 4.61. The molecule has 0 aromatic carbocycles. The lowest BCUT2D eigenvalue weighted by atomic mass is 9.29. The molecule has 0 aromatic rings. The van der Waals surface area contributed by atoms with Crippen molar-refractivity contribution in [2.75, 3.05) is 0 Å². The summed E-state index contributed by atoms with van der Waals surface area (Å²) in [7, 11) is 1.54. The van der Waals surface area contributed by atoms with Crippen molar-refractivity contribution in [2.45, 2.75) is 83.3 Å². The molecule has 2 heterocycles. The quantitative estimate of drug-likeness (QED) is 0.586. The minimum Gasteiger partial charge on any atom is -0.0629 e. The van der Waals surface area contributed by atoms with Crippen LogP contribution in [0.5, 0.6) is 0 Å². The third-order valence-electron chi connectivity index (χ3n) is 6.10. The molecule has 2 unspecified atom stereocenters. The van der Waals surface area contributed by atoms with Crippen LogP contribution < -0.4 is 0 Å². The first-order chi connectivity index (χ1) is 7.51. The second-order valence-electron chi connectivity index (χ2n) is 7.27. The topological polar surface area (TPSA) is 0 Å². The zero-order valence-electron chi connectivity index (χ0n) is 11.8. The smallest absolute Gasteiger partial charge is 0.0629 e. The van der Waals surface area contributed by atoms with Crippen molar-refractivity contribution in [3.63, 3.8) is 0 Å². The van der Waals surface area contributed by atoms with Gasteiger partial charge in [0, 0.05) is 0 Å². The van der Waals surface area contributed by atoms with E-state index < -0.39 is 0 Å². The van der Waals surface area contributed by atoms with Gasteiger partial charge in [-0.15, -0.1) is 0 Å². The van der Waals surface area contributed by atoms with Crippen molar-refractivity contribution in [1.82, 2.24) is 0 Å². The molecule has 2 rings (SSSR count). The SMILES string of the molecule is CC(C)C12BC(C(C)C)(CCCC1)CCC2. The first kappa shape index (κ1) is 12.5.